The van der Waals surface area contributed by atoms with Gasteiger partial charge < -0.3 is 15.4 Å². The molecule has 3 aliphatic rings. The molecule has 0 radical (unpaired) electrons. The van der Waals surface area contributed by atoms with Gasteiger partial charge in [0.15, 0.2) is 0 Å². The lowest BCUT2D eigenvalue weighted by atomic mass is 10.0. The summed E-state index contributed by atoms with van der Waals surface area (Å²) >= 11 is 1.56. The van der Waals surface area contributed by atoms with Crippen molar-refractivity contribution in [3.63, 3.8) is 0 Å². The van der Waals surface area contributed by atoms with Crippen molar-refractivity contribution in [1.82, 2.24) is 15.5 Å². The molecule has 2 aliphatic heterocycles. The van der Waals surface area contributed by atoms with Crippen molar-refractivity contribution in [2.24, 2.45) is 4.99 Å². The number of piperidine rings is 1. The Kier molecular flexibility index (Phi) is 10.4. The first-order chi connectivity index (χ1) is 18.0. The molecule has 1 aromatic carbocycles. The fraction of sp³-hybridized carbons (Fsp3) is 0.464. The molecule has 1 aliphatic carbocycles. The Labute approximate surface area is 226 Å². The van der Waals surface area contributed by atoms with Gasteiger partial charge in [-0.15, -0.1) is 9.24 Å². The number of nitrogens with zero attached hydrogens (tertiary/aromatic N) is 2. The van der Waals surface area contributed by atoms with E-state index in [0.29, 0.717) is 19.4 Å². The van der Waals surface area contributed by atoms with E-state index in [1.54, 1.807) is 18.9 Å². The molecule has 2 heterocycles. The van der Waals surface area contributed by atoms with Crippen LogP contribution in [-0.4, -0.2) is 54.7 Å². The Bertz CT molecular complexity index is 1100. The van der Waals surface area contributed by atoms with Crippen LogP contribution in [0.15, 0.2) is 63.3 Å². The van der Waals surface area contributed by atoms with Crippen LogP contribution in [0.25, 0.3) is 0 Å². The van der Waals surface area contributed by atoms with Crippen molar-refractivity contribution >= 4 is 43.5 Å². The minimum Gasteiger partial charge on any atom is -0.497 e. The molecule has 2 N–H and O–H groups in total. The zero-order valence-electron chi connectivity index (χ0n) is 21.6. The quantitative estimate of drug-likeness (QED) is 0.451. The third kappa shape index (κ3) is 8.29. The maximum atomic E-state index is 13.2. The molecule has 9 heteroatoms. The van der Waals surface area contributed by atoms with E-state index in [0.717, 1.165) is 71.3 Å². The van der Waals surface area contributed by atoms with E-state index < -0.39 is 0 Å². The highest BCUT2D eigenvalue weighted by atomic mass is 32.2. The number of thioether (sulfide) groups is 1. The fourth-order valence-electron chi connectivity index (χ4n) is 4.65. The molecule has 1 unspecified atom stereocenters. The van der Waals surface area contributed by atoms with Crippen LogP contribution in [0, 0.1) is 0 Å². The number of rotatable bonds is 8. The van der Waals surface area contributed by atoms with Gasteiger partial charge in [-0.25, -0.2) is 4.99 Å². The van der Waals surface area contributed by atoms with Gasteiger partial charge in [0.25, 0.3) is 5.91 Å². The van der Waals surface area contributed by atoms with E-state index in [4.69, 9.17) is 9.73 Å². The number of hydrogen-bond acceptors (Lipinski definition) is 6. The summed E-state index contributed by atoms with van der Waals surface area (Å²) in [6, 6.07) is 7.69. The molecule has 37 heavy (non-hydrogen) atoms. The third-order valence-electron chi connectivity index (χ3n) is 6.77. The second-order valence-electron chi connectivity index (χ2n) is 9.52. The minimum absolute atomic E-state index is 0.0308. The molecule has 1 saturated heterocycles. The molecule has 0 aromatic heterocycles. The van der Waals surface area contributed by atoms with Crippen molar-refractivity contribution < 1.29 is 14.3 Å². The first-order valence-corrected chi connectivity index (χ1v) is 14.7. The monoisotopic (exact) mass is 540 g/mol. The number of nitrogens with one attached hydrogen (secondary N) is 2. The summed E-state index contributed by atoms with van der Waals surface area (Å²) in [6.07, 6.45) is 12.2. The summed E-state index contributed by atoms with van der Waals surface area (Å²) < 4.78 is 5.24. The lowest BCUT2D eigenvalue weighted by Gasteiger charge is -2.26. The molecule has 7 nitrogen and oxygen atoms in total. The highest BCUT2D eigenvalue weighted by molar-refractivity contribution is 8.17. The van der Waals surface area contributed by atoms with E-state index in [-0.39, 0.29) is 11.8 Å². The van der Waals surface area contributed by atoms with Crippen LogP contribution in [0.1, 0.15) is 51.4 Å². The van der Waals surface area contributed by atoms with E-state index in [9.17, 15) is 9.59 Å². The first kappa shape index (κ1) is 27.6. The number of methoxy groups -OCH3 is 1. The van der Waals surface area contributed by atoms with Gasteiger partial charge >= 0.3 is 0 Å². The molecule has 1 aromatic rings. The summed E-state index contributed by atoms with van der Waals surface area (Å²) in [6.45, 7) is 2.43. The summed E-state index contributed by atoms with van der Waals surface area (Å²) in [5.74, 6) is 0.748. The van der Waals surface area contributed by atoms with Gasteiger partial charge in [-0.3, -0.25) is 14.5 Å². The van der Waals surface area contributed by atoms with E-state index >= 15 is 0 Å². The summed E-state index contributed by atoms with van der Waals surface area (Å²) in [7, 11) is 4.43. The molecule has 2 amide bonds. The predicted molar refractivity (Wildman–Crippen MR) is 155 cm³/mol. The van der Waals surface area contributed by atoms with Crippen LogP contribution < -0.4 is 15.4 Å². The largest absolute Gasteiger partial charge is 0.497 e. The Morgan fingerprint density at radius 1 is 1.00 bits per heavy atom. The van der Waals surface area contributed by atoms with Crippen molar-refractivity contribution in [3.8, 4) is 5.75 Å². The number of ether oxygens (including phenoxy) is 1. The number of carbonyl (C=O) groups excluding carboxylic acids is 2. The zero-order valence-corrected chi connectivity index (χ0v) is 23.5. The zero-order chi connectivity index (χ0) is 26.0. The van der Waals surface area contributed by atoms with Gasteiger partial charge in [0, 0.05) is 11.3 Å². The normalized spacial score (nSPS) is 20.1. The Hall–Kier alpha value is -2.41. The molecule has 0 spiro atoms. The maximum Gasteiger partial charge on any atom is 0.251 e. The minimum atomic E-state index is -0.0842. The Morgan fingerprint density at radius 3 is 2.46 bits per heavy atom. The molecular formula is C28H37N4O3PS. The van der Waals surface area contributed by atoms with E-state index in [1.165, 1.54) is 24.8 Å². The predicted octanol–water partition coefficient (Wildman–Crippen LogP) is 5.05. The number of allylic oxidation sites excluding steroid dienone is 4. The molecule has 0 saturated carbocycles. The van der Waals surface area contributed by atoms with Crippen molar-refractivity contribution in [2.75, 3.05) is 32.9 Å². The lowest BCUT2D eigenvalue weighted by molar-refractivity contribution is -0.121. The number of carbonyl (C=O) groups is 2. The van der Waals surface area contributed by atoms with Gasteiger partial charge in [0.2, 0.25) is 5.91 Å². The Balaban J connectivity index is 1.37. The summed E-state index contributed by atoms with van der Waals surface area (Å²) in [5, 5.41) is 8.08. The van der Waals surface area contributed by atoms with Gasteiger partial charge in [0.1, 0.15) is 5.75 Å². The molecular weight excluding hydrogens is 503 g/mol. The van der Waals surface area contributed by atoms with Gasteiger partial charge in [-0.1, -0.05) is 24.3 Å². The van der Waals surface area contributed by atoms with Gasteiger partial charge in [-0.05, 0) is 100 Å². The van der Waals surface area contributed by atoms with Crippen LogP contribution in [-0.2, 0) is 9.59 Å². The second-order valence-corrected chi connectivity index (χ2v) is 11.0. The molecule has 0 bridgehead atoms. The van der Waals surface area contributed by atoms with Crippen LogP contribution in [0.4, 0.5) is 5.69 Å². The van der Waals surface area contributed by atoms with Crippen LogP contribution in [0.5, 0.6) is 5.75 Å². The van der Waals surface area contributed by atoms with Crippen LogP contribution >= 0.6 is 21.0 Å². The van der Waals surface area contributed by atoms with E-state index in [1.807, 2.05) is 36.4 Å². The highest BCUT2D eigenvalue weighted by Crippen LogP contribution is 2.32. The van der Waals surface area contributed by atoms with Crippen LogP contribution in [0.2, 0.25) is 0 Å². The van der Waals surface area contributed by atoms with Gasteiger partial charge in [0.05, 0.1) is 29.4 Å². The topological polar surface area (TPSA) is 83.0 Å². The average molecular weight is 541 g/mol. The second kappa shape index (κ2) is 13.9. The van der Waals surface area contributed by atoms with Gasteiger partial charge in [-0.2, -0.15) is 0 Å². The first-order valence-electron chi connectivity index (χ1n) is 13.1. The molecule has 4 rings (SSSR count). The Morgan fingerprint density at radius 2 is 1.78 bits per heavy atom. The number of aliphatic imine (C=N–C) groups is 1. The smallest absolute Gasteiger partial charge is 0.251 e. The molecule has 1 fully saturated rings. The fourth-order valence-corrected chi connectivity index (χ4v) is 6.31. The molecule has 1 atom stereocenters. The van der Waals surface area contributed by atoms with Crippen LogP contribution in [0.3, 0.4) is 0 Å². The number of benzene rings is 1. The third-order valence-corrected chi connectivity index (χ3v) is 8.39. The number of hydrogen-bond donors (Lipinski definition) is 2. The van der Waals surface area contributed by atoms with Crippen molar-refractivity contribution in [3.05, 3.63) is 58.3 Å². The average Bonchev–Trinajstić information content (AvgIpc) is 3.11. The lowest BCUT2D eigenvalue weighted by Crippen LogP contribution is -2.39. The summed E-state index contributed by atoms with van der Waals surface area (Å²) in [5.41, 5.74) is 3.70. The van der Waals surface area contributed by atoms with Crippen molar-refractivity contribution in [2.45, 2.75) is 51.4 Å². The van der Waals surface area contributed by atoms with E-state index in [2.05, 4.69) is 24.8 Å². The highest BCUT2D eigenvalue weighted by Gasteiger charge is 2.21. The standard InChI is InChI=1S/C28H37N4O3PS/c1-35-24-14-12-23(13-15-24)30-26-7-5-6-21(19-36)28(37-26)31-27(34)20-8-10-22(11-9-20)29-25(33)18-32-16-3-2-4-17-32/h8,10,12-15H,2-7,9,11,16-19,36H2,1H3,(H,29,33)(H,31,34). The van der Waals surface area contributed by atoms with Crippen molar-refractivity contribution in [1.29, 1.82) is 0 Å². The molecule has 198 valence electrons. The number of amides is 2. The number of likely N-dealkylation sites (tertiary alicyclic amines) is 1. The SMILES string of the molecule is COc1ccc(N=C2CCCC(CP)=C(NC(=O)C3=CC=C(NC(=O)CN4CCCCC4)CC3)S2)cc1. The maximum absolute atomic E-state index is 13.2. The summed E-state index contributed by atoms with van der Waals surface area (Å²) in [4.78, 5) is 32.6.